The molecule has 2 aromatic carbocycles. The molecule has 2 aliphatic rings. The Labute approximate surface area is 202 Å². The van der Waals surface area contributed by atoms with Crippen molar-refractivity contribution in [3.63, 3.8) is 0 Å². The second kappa shape index (κ2) is 9.74. The molecular formula is C27H26FNO6. The number of hydrogen-bond donors (Lipinski definition) is 1. The Balaban J connectivity index is 1.90. The van der Waals surface area contributed by atoms with Gasteiger partial charge in [0.15, 0.2) is 5.78 Å². The highest BCUT2D eigenvalue weighted by Gasteiger charge is 2.49. The van der Waals surface area contributed by atoms with Crippen molar-refractivity contribution in [2.24, 2.45) is 5.92 Å². The lowest BCUT2D eigenvalue weighted by Gasteiger charge is -2.39. The summed E-state index contributed by atoms with van der Waals surface area (Å²) in [5.74, 6) is -4.55. The number of Topliss-reactive ketones (excluding diaryl/α,β-unsaturated/α-hetero) is 1. The number of rotatable bonds is 5. The van der Waals surface area contributed by atoms with Gasteiger partial charge in [0, 0.05) is 28.4 Å². The van der Waals surface area contributed by atoms with Crippen LogP contribution in [0.25, 0.3) is 0 Å². The van der Waals surface area contributed by atoms with Crippen molar-refractivity contribution < 1.29 is 33.0 Å². The summed E-state index contributed by atoms with van der Waals surface area (Å²) in [6.45, 7) is 1.68. The number of esters is 2. The molecule has 1 aliphatic carbocycles. The lowest BCUT2D eigenvalue weighted by atomic mass is 9.67. The first kappa shape index (κ1) is 24.2. The van der Waals surface area contributed by atoms with E-state index in [2.05, 4.69) is 5.32 Å². The summed E-state index contributed by atoms with van der Waals surface area (Å²) in [6.07, 6.45) is 0.282. The third-order valence-corrected chi connectivity index (χ3v) is 6.64. The van der Waals surface area contributed by atoms with E-state index < -0.39 is 41.3 Å². The summed E-state index contributed by atoms with van der Waals surface area (Å²) in [5, 5.41) is 3.17. The Morgan fingerprint density at radius 1 is 1.00 bits per heavy atom. The second-order valence-electron chi connectivity index (χ2n) is 8.45. The molecule has 3 atom stereocenters. The smallest absolute Gasteiger partial charge is 0.336 e. The number of allylic oxidation sites excluding steroid dienone is 3. The molecular weight excluding hydrogens is 453 g/mol. The van der Waals surface area contributed by atoms with E-state index >= 15 is 4.39 Å². The molecule has 35 heavy (non-hydrogen) atoms. The zero-order valence-corrected chi connectivity index (χ0v) is 19.9. The number of benzene rings is 2. The van der Waals surface area contributed by atoms with Gasteiger partial charge >= 0.3 is 11.9 Å². The van der Waals surface area contributed by atoms with Crippen molar-refractivity contribution in [2.75, 3.05) is 21.3 Å². The highest BCUT2D eigenvalue weighted by Crippen LogP contribution is 2.48. The van der Waals surface area contributed by atoms with E-state index in [0.717, 1.165) is 5.56 Å². The van der Waals surface area contributed by atoms with Gasteiger partial charge < -0.3 is 19.5 Å². The van der Waals surface area contributed by atoms with E-state index in [1.54, 1.807) is 44.4 Å². The predicted octanol–water partition coefficient (Wildman–Crippen LogP) is 3.77. The van der Waals surface area contributed by atoms with Crippen LogP contribution < -0.4 is 10.1 Å². The largest absolute Gasteiger partial charge is 0.497 e. The van der Waals surface area contributed by atoms with Crippen molar-refractivity contribution in [2.45, 2.75) is 25.2 Å². The van der Waals surface area contributed by atoms with Crippen LogP contribution in [0.4, 0.5) is 4.39 Å². The van der Waals surface area contributed by atoms with Gasteiger partial charge in [-0.25, -0.2) is 9.18 Å². The number of methoxy groups -OCH3 is 3. The molecule has 0 amide bonds. The van der Waals surface area contributed by atoms with Gasteiger partial charge in [-0.1, -0.05) is 30.3 Å². The third-order valence-electron chi connectivity index (χ3n) is 6.64. The van der Waals surface area contributed by atoms with Gasteiger partial charge in [-0.2, -0.15) is 0 Å². The molecule has 0 saturated carbocycles. The van der Waals surface area contributed by atoms with E-state index in [0.29, 0.717) is 17.1 Å². The molecule has 7 nitrogen and oxygen atoms in total. The van der Waals surface area contributed by atoms with E-state index in [1.165, 1.54) is 32.4 Å². The summed E-state index contributed by atoms with van der Waals surface area (Å²) in [5.41, 5.74) is 2.19. The first-order chi connectivity index (χ1) is 16.8. The number of carbonyl (C=O) groups excluding carboxylic acids is 3. The van der Waals surface area contributed by atoms with E-state index in [1.807, 2.05) is 0 Å². The zero-order valence-electron chi connectivity index (χ0n) is 19.9. The maximum absolute atomic E-state index is 15.0. The number of ketones is 1. The van der Waals surface area contributed by atoms with Crippen LogP contribution >= 0.6 is 0 Å². The van der Waals surface area contributed by atoms with Gasteiger partial charge in [0.05, 0.1) is 32.8 Å². The average molecular weight is 480 g/mol. The Morgan fingerprint density at radius 2 is 1.69 bits per heavy atom. The molecule has 0 unspecified atom stereocenters. The highest BCUT2D eigenvalue weighted by molar-refractivity contribution is 6.13. The van der Waals surface area contributed by atoms with Gasteiger partial charge in [0.1, 0.15) is 17.5 Å². The molecule has 0 aromatic heterocycles. The van der Waals surface area contributed by atoms with Crippen molar-refractivity contribution in [3.05, 3.63) is 88.0 Å². The molecule has 2 aromatic rings. The minimum Gasteiger partial charge on any atom is -0.497 e. The number of ether oxygens (including phenoxy) is 3. The fourth-order valence-electron chi connectivity index (χ4n) is 5.00. The number of dihydropyridines is 1. The van der Waals surface area contributed by atoms with Crippen LogP contribution in [0.5, 0.6) is 5.75 Å². The lowest BCUT2D eigenvalue weighted by molar-refractivity contribution is -0.150. The van der Waals surface area contributed by atoms with Crippen LogP contribution in [0, 0.1) is 11.7 Å². The molecule has 0 radical (unpaired) electrons. The molecule has 0 spiro atoms. The number of nitrogens with one attached hydrogen (secondary N) is 1. The monoisotopic (exact) mass is 479 g/mol. The molecule has 4 rings (SSSR count). The SMILES string of the molecule is COC(=O)C1=C(C)NC2=C(C(=O)[C@H](C(=O)OC)[C@@H](c3ccc(OC)cc3)C2)[C@@H]1c1ccccc1F. The molecule has 182 valence electrons. The minimum absolute atomic E-state index is 0.121. The Morgan fingerprint density at radius 3 is 2.29 bits per heavy atom. The van der Waals surface area contributed by atoms with Crippen LogP contribution in [0.3, 0.4) is 0 Å². The fourth-order valence-corrected chi connectivity index (χ4v) is 5.00. The normalized spacial score (nSPS) is 21.7. The van der Waals surface area contributed by atoms with Gasteiger partial charge in [-0.3, -0.25) is 9.59 Å². The van der Waals surface area contributed by atoms with Crippen molar-refractivity contribution in [1.29, 1.82) is 0 Å². The molecule has 1 N–H and O–H groups in total. The van der Waals surface area contributed by atoms with Gasteiger partial charge in [0.25, 0.3) is 0 Å². The van der Waals surface area contributed by atoms with E-state index in [9.17, 15) is 14.4 Å². The molecule has 0 bridgehead atoms. The van der Waals surface area contributed by atoms with Crippen LogP contribution in [0.15, 0.2) is 71.1 Å². The number of carbonyl (C=O) groups is 3. The number of halogens is 1. The van der Waals surface area contributed by atoms with E-state index in [4.69, 9.17) is 14.2 Å². The maximum Gasteiger partial charge on any atom is 0.336 e. The maximum atomic E-state index is 15.0. The van der Waals surface area contributed by atoms with Crippen LogP contribution in [0.2, 0.25) is 0 Å². The standard InChI is InChI=1S/C27H26FNO6/c1-14-21(26(31)34-3)22(17-7-5-6-8-19(17)28)24-20(29-14)13-18(23(25(24)30)27(32)35-4)15-9-11-16(33-2)12-10-15/h5-12,18,22-23,29H,13H2,1-4H3/t18-,22-,23-/m1/s1. The van der Waals surface area contributed by atoms with Gasteiger partial charge in [-0.05, 0) is 37.1 Å². The van der Waals surface area contributed by atoms with Crippen molar-refractivity contribution in [1.82, 2.24) is 5.32 Å². The van der Waals surface area contributed by atoms with Crippen LogP contribution in [-0.4, -0.2) is 39.1 Å². The first-order valence-electron chi connectivity index (χ1n) is 11.1. The Hall–Kier alpha value is -3.94. The predicted molar refractivity (Wildman–Crippen MR) is 125 cm³/mol. The van der Waals surface area contributed by atoms with Gasteiger partial charge in [0.2, 0.25) is 0 Å². The molecule has 1 aliphatic heterocycles. The van der Waals surface area contributed by atoms with Gasteiger partial charge in [-0.15, -0.1) is 0 Å². The summed E-state index contributed by atoms with van der Waals surface area (Å²) in [7, 11) is 4.00. The molecule has 1 heterocycles. The lowest BCUT2D eigenvalue weighted by Crippen LogP contribution is -2.43. The van der Waals surface area contributed by atoms with Crippen molar-refractivity contribution >= 4 is 17.7 Å². The van der Waals surface area contributed by atoms with E-state index in [-0.39, 0.29) is 23.1 Å². The summed E-state index contributed by atoms with van der Waals surface area (Å²) in [6, 6.07) is 13.1. The quantitative estimate of drug-likeness (QED) is 0.516. The number of hydrogen-bond acceptors (Lipinski definition) is 7. The summed E-state index contributed by atoms with van der Waals surface area (Å²) < 4.78 is 30.2. The highest BCUT2D eigenvalue weighted by atomic mass is 19.1. The summed E-state index contributed by atoms with van der Waals surface area (Å²) in [4.78, 5) is 39.7. The van der Waals surface area contributed by atoms with Crippen LogP contribution in [0.1, 0.15) is 36.3 Å². The van der Waals surface area contributed by atoms with Crippen LogP contribution in [-0.2, 0) is 23.9 Å². The molecule has 0 saturated heterocycles. The minimum atomic E-state index is -1.17. The Bertz CT molecular complexity index is 1250. The Kier molecular flexibility index (Phi) is 6.73. The average Bonchev–Trinajstić information content (AvgIpc) is 2.87. The second-order valence-corrected chi connectivity index (χ2v) is 8.45. The summed E-state index contributed by atoms with van der Waals surface area (Å²) >= 11 is 0. The fraction of sp³-hybridized carbons (Fsp3) is 0.296. The molecule has 8 heteroatoms. The zero-order chi connectivity index (χ0) is 25.3. The van der Waals surface area contributed by atoms with Crippen molar-refractivity contribution in [3.8, 4) is 5.75 Å². The topological polar surface area (TPSA) is 90.9 Å². The first-order valence-corrected chi connectivity index (χ1v) is 11.1. The molecule has 0 fully saturated rings. The third kappa shape index (κ3) is 4.20.